The van der Waals surface area contributed by atoms with Gasteiger partial charge >= 0.3 is 0 Å². The molecule has 0 aromatic heterocycles. The van der Waals surface area contributed by atoms with Crippen LogP contribution in [0.1, 0.15) is 10.4 Å². The van der Waals surface area contributed by atoms with Crippen LogP contribution >= 0.6 is 0 Å². The zero-order valence-corrected chi connectivity index (χ0v) is 10.7. The highest BCUT2D eigenvalue weighted by Gasteiger charge is 2.19. The van der Waals surface area contributed by atoms with E-state index in [2.05, 4.69) is 0 Å². The van der Waals surface area contributed by atoms with Crippen molar-refractivity contribution in [3.63, 3.8) is 0 Å². The summed E-state index contributed by atoms with van der Waals surface area (Å²) < 4.78 is 26.7. The van der Waals surface area contributed by atoms with E-state index in [9.17, 15) is 13.6 Å². The third-order valence-electron chi connectivity index (χ3n) is 2.83. The topological polar surface area (TPSA) is 46.3 Å². The van der Waals surface area contributed by atoms with Gasteiger partial charge in [-0.05, 0) is 36.4 Å². The Hall–Kier alpha value is -2.27. The van der Waals surface area contributed by atoms with E-state index in [4.69, 9.17) is 5.73 Å². The fourth-order valence-electron chi connectivity index (χ4n) is 1.88. The lowest BCUT2D eigenvalue weighted by Crippen LogP contribution is -2.36. The Morgan fingerprint density at radius 3 is 2.30 bits per heavy atom. The van der Waals surface area contributed by atoms with Gasteiger partial charge in [0, 0.05) is 18.7 Å². The Labute approximate surface area is 115 Å². The highest BCUT2D eigenvalue weighted by molar-refractivity contribution is 6.06. The molecule has 20 heavy (non-hydrogen) atoms. The van der Waals surface area contributed by atoms with Crippen LogP contribution in [0.4, 0.5) is 14.5 Å². The number of para-hydroxylation sites is 1. The number of rotatable bonds is 4. The van der Waals surface area contributed by atoms with E-state index in [1.807, 2.05) is 0 Å². The van der Waals surface area contributed by atoms with Gasteiger partial charge in [0.15, 0.2) is 0 Å². The summed E-state index contributed by atoms with van der Waals surface area (Å²) in [6.45, 7) is 0.373. The minimum absolute atomic E-state index is 0.160. The monoisotopic (exact) mass is 276 g/mol. The van der Waals surface area contributed by atoms with Crippen LogP contribution in [0, 0.1) is 11.6 Å². The minimum atomic E-state index is -0.503. The number of benzene rings is 2. The molecule has 2 aromatic rings. The molecule has 0 fully saturated rings. The van der Waals surface area contributed by atoms with E-state index < -0.39 is 17.5 Å². The van der Waals surface area contributed by atoms with Crippen LogP contribution in [-0.2, 0) is 0 Å². The molecule has 0 aliphatic rings. The predicted octanol–water partition coefficient (Wildman–Crippen LogP) is 2.57. The first-order valence-corrected chi connectivity index (χ1v) is 6.15. The maximum absolute atomic E-state index is 13.8. The molecule has 2 N–H and O–H groups in total. The molecule has 0 saturated carbocycles. The van der Waals surface area contributed by atoms with Gasteiger partial charge in [-0.3, -0.25) is 4.79 Å². The fraction of sp³-hybridized carbons (Fsp3) is 0.133. The summed E-state index contributed by atoms with van der Waals surface area (Å²) in [5.41, 5.74) is 5.92. The van der Waals surface area contributed by atoms with E-state index in [1.165, 1.54) is 41.3 Å². The van der Waals surface area contributed by atoms with Crippen LogP contribution in [-0.4, -0.2) is 19.0 Å². The quantitative estimate of drug-likeness (QED) is 0.933. The standard InChI is InChI=1S/C15H14F2N2O/c16-12-7-5-11(6-8-12)15(20)19(10-9-18)14-4-2-1-3-13(14)17/h1-8H,9-10,18H2. The highest BCUT2D eigenvalue weighted by Crippen LogP contribution is 2.20. The number of halogens is 2. The third-order valence-corrected chi connectivity index (χ3v) is 2.83. The average Bonchev–Trinajstić information content (AvgIpc) is 2.46. The van der Waals surface area contributed by atoms with Crippen molar-refractivity contribution >= 4 is 11.6 Å². The fourth-order valence-corrected chi connectivity index (χ4v) is 1.88. The molecule has 0 spiro atoms. The summed E-state index contributed by atoms with van der Waals surface area (Å²) in [4.78, 5) is 13.6. The van der Waals surface area contributed by atoms with Gasteiger partial charge in [0.25, 0.3) is 5.91 Å². The number of anilines is 1. The SMILES string of the molecule is NCCN(C(=O)c1ccc(F)cc1)c1ccccc1F. The van der Waals surface area contributed by atoms with Crippen LogP contribution < -0.4 is 10.6 Å². The molecule has 0 radical (unpaired) electrons. The number of nitrogens with two attached hydrogens (primary N) is 1. The zero-order valence-electron chi connectivity index (χ0n) is 10.7. The second kappa shape index (κ2) is 6.25. The zero-order chi connectivity index (χ0) is 14.5. The maximum atomic E-state index is 13.8. The minimum Gasteiger partial charge on any atom is -0.329 e. The Bertz CT molecular complexity index is 599. The number of amides is 1. The first kappa shape index (κ1) is 14.1. The van der Waals surface area contributed by atoms with Gasteiger partial charge in [0.2, 0.25) is 0 Å². The molecule has 1 amide bonds. The Morgan fingerprint density at radius 1 is 1.05 bits per heavy atom. The van der Waals surface area contributed by atoms with E-state index in [1.54, 1.807) is 12.1 Å². The van der Waals surface area contributed by atoms with E-state index >= 15 is 0 Å². The third kappa shape index (κ3) is 3.00. The number of carbonyl (C=O) groups excluding carboxylic acids is 1. The molecular weight excluding hydrogens is 262 g/mol. The number of carbonyl (C=O) groups is 1. The molecule has 0 heterocycles. The molecule has 0 atom stereocenters. The molecule has 0 unspecified atom stereocenters. The normalized spacial score (nSPS) is 10.3. The molecule has 0 aliphatic heterocycles. The van der Waals surface area contributed by atoms with Crippen molar-refractivity contribution in [3.8, 4) is 0 Å². The summed E-state index contributed by atoms with van der Waals surface area (Å²) in [6, 6.07) is 11.1. The molecule has 0 saturated heterocycles. The molecule has 5 heteroatoms. The van der Waals surface area contributed by atoms with Crippen molar-refractivity contribution in [1.82, 2.24) is 0 Å². The van der Waals surface area contributed by atoms with Crippen molar-refractivity contribution in [3.05, 3.63) is 65.7 Å². The molecule has 104 valence electrons. The second-order valence-electron chi connectivity index (χ2n) is 4.20. The summed E-state index contributed by atoms with van der Waals surface area (Å²) >= 11 is 0. The van der Waals surface area contributed by atoms with Crippen LogP contribution in [0.15, 0.2) is 48.5 Å². The van der Waals surface area contributed by atoms with Crippen molar-refractivity contribution in [2.75, 3.05) is 18.0 Å². The predicted molar refractivity (Wildman–Crippen MR) is 73.5 cm³/mol. The summed E-state index contributed by atoms with van der Waals surface area (Å²) in [5.74, 6) is -1.35. The van der Waals surface area contributed by atoms with Gasteiger partial charge in [0.05, 0.1) is 5.69 Å². The largest absolute Gasteiger partial charge is 0.329 e. The average molecular weight is 276 g/mol. The Morgan fingerprint density at radius 2 is 1.70 bits per heavy atom. The summed E-state index contributed by atoms with van der Waals surface area (Å²) in [5, 5.41) is 0. The van der Waals surface area contributed by atoms with Crippen molar-refractivity contribution in [1.29, 1.82) is 0 Å². The summed E-state index contributed by atoms with van der Waals surface area (Å²) in [6.07, 6.45) is 0. The van der Waals surface area contributed by atoms with Crippen molar-refractivity contribution < 1.29 is 13.6 Å². The second-order valence-corrected chi connectivity index (χ2v) is 4.20. The lowest BCUT2D eigenvalue weighted by atomic mass is 10.1. The smallest absolute Gasteiger partial charge is 0.258 e. The van der Waals surface area contributed by atoms with Gasteiger partial charge in [-0.25, -0.2) is 8.78 Å². The van der Waals surface area contributed by atoms with E-state index in [0.29, 0.717) is 0 Å². The number of hydrogen-bond donors (Lipinski definition) is 1. The molecule has 3 nitrogen and oxygen atoms in total. The highest BCUT2D eigenvalue weighted by atomic mass is 19.1. The molecule has 0 aliphatic carbocycles. The van der Waals surface area contributed by atoms with Gasteiger partial charge in [-0.15, -0.1) is 0 Å². The maximum Gasteiger partial charge on any atom is 0.258 e. The molecule has 2 rings (SSSR count). The first-order valence-electron chi connectivity index (χ1n) is 6.15. The van der Waals surface area contributed by atoms with Gasteiger partial charge in [-0.1, -0.05) is 12.1 Å². The van der Waals surface area contributed by atoms with Crippen LogP contribution in [0.25, 0.3) is 0 Å². The molecule has 0 bridgehead atoms. The van der Waals surface area contributed by atoms with Gasteiger partial charge in [0.1, 0.15) is 11.6 Å². The number of nitrogens with zero attached hydrogens (tertiary/aromatic N) is 1. The lowest BCUT2D eigenvalue weighted by Gasteiger charge is -2.22. The Balaban J connectivity index is 2.36. The van der Waals surface area contributed by atoms with E-state index in [-0.39, 0.29) is 24.3 Å². The lowest BCUT2D eigenvalue weighted by molar-refractivity contribution is 0.0986. The van der Waals surface area contributed by atoms with Crippen molar-refractivity contribution in [2.24, 2.45) is 5.73 Å². The number of hydrogen-bond acceptors (Lipinski definition) is 2. The summed E-state index contributed by atoms with van der Waals surface area (Å²) in [7, 11) is 0. The van der Waals surface area contributed by atoms with E-state index in [0.717, 1.165) is 0 Å². The Kier molecular flexibility index (Phi) is 4.42. The van der Waals surface area contributed by atoms with Gasteiger partial charge < -0.3 is 10.6 Å². The van der Waals surface area contributed by atoms with Crippen LogP contribution in [0.3, 0.4) is 0 Å². The van der Waals surface area contributed by atoms with Gasteiger partial charge in [-0.2, -0.15) is 0 Å². The molecule has 2 aromatic carbocycles. The molecular formula is C15H14F2N2O. The van der Waals surface area contributed by atoms with Crippen LogP contribution in [0.5, 0.6) is 0 Å². The first-order chi connectivity index (χ1) is 9.63. The van der Waals surface area contributed by atoms with Crippen molar-refractivity contribution in [2.45, 2.75) is 0 Å². The van der Waals surface area contributed by atoms with Crippen LogP contribution in [0.2, 0.25) is 0 Å².